The first-order valence-corrected chi connectivity index (χ1v) is 10.1. The molecule has 28 heavy (non-hydrogen) atoms. The van der Waals surface area contributed by atoms with E-state index < -0.39 is 0 Å². The van der Waals surface area contributed by atoms with Crippen molar-refractivity contribution in [3.63, 3.8) is 0 Å². The summed E-state index contributed by atoms with van der Waals surface area (Å²) in [4.78, 5) is 6.86. The summed E-state index contributed by atoms with van der Waals surface area (Å²) in [5.41, 5.74) is 0. The van der Waals surface area contributed by atoms with Gasteiger partial charge in [-0.15, -0.1) is 24.0 Å². The molecule has 1 heterocycles. The number of aliphatic imine (C=N–C) groups is 1. The Labute approximate surface area is 186 Å². The molecule has 2 unspecified atom stereocenters. The molecular weight excluding hydrogens is 470 g/mol. The summed E-state index contributed by atoms with van der Waals surface area (Å²) in [5.74, 6) is 2.06. The van der Waals surface area contributed by atoms with E-state index >= 15 is 0 Å². The predicted molar refractivity (Wildman–Crippen MR) is 125 cm³/mol. The van der Waals surface area contributed by atoms with Crippen LogP contribution in [-0.2, 0) is 0 Å². The number of halogens is 2. The lowest BCUT2D eigenvalue weighted by atomic mass is 9.97. The van der Waals surface area contributed by atoms with Crippen LogP contribution >= 0.6 is 24.0 Å². The Morgan fingerprint density at radius 1 is 1.29 bits per heavy atom. The molecule has 0 aliphatic carbocycles. The number of guanidine groups is 1. The van der Waals surface area contributed by atoms with Gasteiger partial charge in [0.2, 0.25) is 0 Å². The summed E-state index contributed by atoms with van der Waals surface area (Å²) in [5, 5.41) is 6.70. The van der Waals surface area contributed by atoms with Gasteiger partial charge in [0.15, 0.2) is 17.5 Å². The molecule has 1 aromatic carbocycles. The number of hydrogen-bond donors (Lipinski definition) is 2. The Hall–Kier alpha value is -1.09. The first-order chi connectivity index (χ1) is 13.0. The fourth-order valence-corrected chi connectivity index (χ4v) is 3.50. The molecule has 0 aromatic heterocycles. The molecule has 1 aliphatic heterocycles. The molecule has 7 heteroatoms. The number of hydrogen-bond acceptors (Lipinski definition) is 3. The van der Waals surface area contributed by atoms with E-state index in [4.69, 9.17) is 4.74 Å². The van der Waals surface area contributed by atoms with Gasteiger partial charge in [0.1, 0.15) is 6.10 Å². The van der Waals surface area contributed by atoms with E-state index in [2.05, 4.69) is 34.4 Å². The lowest BCUT2D eigenvalue weighted by Gasteiger charge is -2.34. The van der Waals surface area contributed by atoms with Crippen molar-refractivity contribution >= 4 is 29.9 Å². The number of para-hydroxylation sites is 1. The highest BCUT2D eigenvalue weighted by Gasteiger charge is 2.20. The van der Waals surface area contributed by atoms with Crippen LogP contribution in [0.25, 0.3) is 0 Å². The second-order valence-corrected chi connectivity index (χ2v) is 7.85. The number of benzene rings is 1. The van der Waals surface area contributed by atoms with Crippen molar-refractivity contribution in [3.8, 4) is 5.75 Å². The monoisotopic (exact) mass is 506 g/mol. The van der Waals surface area contributed by atoms with Crippen LogP contribution < -0.4 is 15.4 Å². The Kier molecular flexibility index (Phi) is 11.8. The molecule has 0 amide bonds. The van der Waals surface area contributed by atoms with Gasteiger partial charge >= 0.3 is 0 Å². The number of nitrogens with one attached hydrogen (secondary N) is 2. The summed E-state index contributed by atoms with van der Waals surface area (Å²) < 4.78 is 19.3. The number of rotatable bonds is 8. The summed E-state index contributed by atoms with van der Waals surface area (Å²) in [6.07, 6.45) is 2.35. The maximum Gasteiger partial charge on any atom is 0.191 e. The molecule has 1 saturated heterocycles. The van der Waals surface area contributed by atoms with E-state index in [0.717, 1.165) is 19.0 Å². The fourth-order valence-electron chi connectivity index (χ4n) is 3.50. The van der Waals surface area contributed by atoms with Crippen LogP contribution in [0.5, 0.6) is 5.75 Å². The average Bonchev–Trinajstić information content (AvgIpc) is 2.63. The number of likely N-dealkylation sites (tertiary alicyclic amines) is 1. The molecule has 1 fully saturated rings. The molecule has 0 bridgehead atoms. The largest absolute Gasteiger partial charge is 0.486 e. The maximum atomic E-state index is 13.7. The third kappa shape index (κ3) is 8.94. The predicted octanol–water partition coefficient (Wildman–Crippen LogP) is 3.74. The summed E-state index contributed by atoms with van der Waals surface area (Å²) in [6, 6.07) is 6.48. The molecule has 0 radical (unpaired) electrons. The van der Waals surface area contributed by atoms with Crippen molar-refractivity contribution in [2.75, 3.05) is 39.8 Å². The number of nitrogens with zero attached hydrogens (tertiary/aromatic N) is 2. The minimum atomic E-state index is -0.338. The molecule has 2 rings (SSSR count). The van der Waals surface area contributed by atoms with Gasteiger partial charge in [-0.3, -0.25) is 4.99 Å². The van der Waals surface area contributed by atoms with Crippen LogP contribution in [0.3, 0.4) is 0 Å². The number of piperidine rings is 1. The highest BCUT2D eigenvalue weighted by Crippen LogP contribution is 2.17. The average molecular weight is 506 g/mol. The van der Waals surface area contributed by atoms with E-state index in [-0.39, 0.29) is 41.6 Å². The lowest BCUT2D eigenvalue weighted by molar-refractivity contribution is 0.159. The molecule has 2 N–H and O–H groups in total. The Morgan fingerprint density at radius 2 is 2.04 bits per heavy atom. The first-order valence-electron chi connectivity index (χ1n) is 10.1. The first kappa shape index (κ1) is 24.9. The molecule has 1 aliphatic rings. The van der Waals surface area contributed by atoms with Crippen molar-refractivity contribution in [1.29, 1.82) is 0 Å². The Bertz CT molecular complexity index is 600. The van der Waals surface area contributed by atoms with Crippen LogP contribution in [0.4, 0.5) is 4.39 Å². The molecule has 1 aromatic rings. The van der Waals surface area contributed by atoms with Gasteiger partial charge in [-0.1, -0.05) is 26.0 Å². The van der Waals surface area contributed by atoms with E-state index in [1.807, 2.05) is 6.92 Å². The molecule has 160 valence electrons. The van der Waals surface area contributed by atoms with Gasteiger partial charge in [0.25, 0.3) is 0 Å². The van der Waals surface area contributed by atoms with E-state index in [1.165, 1.54) is 32.0 Å². The van der Waals surface area contributed by atoms with E-state index in [9.17, 15) is 4.39 Å². The van der Waals surface area contributed by atoms with Gasteiger partial charge in [-0.25, -0.2) is 4.39 Å². The third-order valence-electron chi connectivity index (χ3n) is 4.73. The third-order valence-corrected chi connectivity index (χ3v) is 4.73. The highest BCUT2D eigenvalue weighted by molar-refractivity contribution is 14.0. The van der Waals surface area contributed by atoms with Crippen molar-refractivity contribution in [2.24, 2.45) is 16.8 Å². The number of ether oxygens (including phenoxy) is 1. The topological polar surface area (TPSA) is 48.9 Å². The smallest absolute Gasteiger partial charge is 0.191 e. The highest BCUT2D eigenvalue weighted by atomic mass is 127. The second kappa shape index (κ2) is 13.2. The van der Waals surface area contributed by atoms with Crippen LogP contribution in [-0.4, -0.2) is 56.7 Å². The zero-order chi connectivity index (χ0) is 19.6. The van der Waals surface area contributed by atoms with Crippen molar-refractivity contribution in [3.05, 3.63) is 30.1 Å². The molecule has 0 spiro atoms. The van der Waals surface area contributed by atoms with Gasteiger partial charge in [-0.2, -0.15) is 0 Å². The van der Waals surface area contributed by atoms with Crippen LogP contribution in [0, 0.1) is 17.7 Å². The maximum absolute atomic E-state index is 13.7. The molecule has 2 atom stereocenters. The molecule has 0 saturated carbocycles. The van der Waals surface area contributed by atoms with Crippen molar-refractivity contribution in [2.45, 2.75) is 39.7 Å². The van der Waals surface area contributed by atoms with Gasteiger partial charge in [0.05, 0.1) is 6.54 Å². The Morgan fingerprint density at radius 3 is 2.71 bits per heavy atom. The molecule has 5 nitrogen and oxygen atoms in total. The minimum absolute atomic E-state index is 0. The van der Waals surface area contributed by atoms with Crippen LogP contribution in [0.1, 0.15) is 33.6 Å². The van der Waals surface area contributed by atoms with E-state index in [0.29, 0.717) is 18.4 Å². The van der Waals surface area contributed by atoms with Gasteiger partial charge in [-0.05, 0) is 50.3 Å². The van der Waals surface area contributed by atoms with Gasteiger partial charge < -0.3 is 20.3 Å². The van der Waals surface area contributed by atoms with Crippen LogP contribution in [0.2, 0.25) is 0 Å². The van der Waals surface area contributed by atoms with E-state index in [1.54, 1.807) is 25.2 Å². The zero-order valence-electron chi connectivity index (χ0n) is 17.6. The zero-order valence-corrected chi connectivity index (χ0v) is 19.9. The summed E-state index contributed by atoms with van der Waals surface area (Å²) in [7, 11) is 1.77. The normalized spacial score (nSPS) is 19.1. The second-order valence-electron chi connectivity index (χ2n) is 7.85. The summed E-state index contributed by atoms with van der Waals surface area (Å²) in [6.45, 7) is 11.5. The standard InChI is InChI=1S/C21H35FN4O.HI/c1-16(2)14-26-11-7-8-18(15-26)13-25-21(23-4)24-12-17(3)27-20-10-6-5-9-19(20)22;/h5-6,9-10,16-18H,7-8,11-15H2,1-4H3,(H2,23,24,25);1H. The fraction of sp³-hybridized carbons (Fsp3) is 0.667. The summed E-state index contributed by atoms with van der Waals surface area (Å²) >= 11 is 0. The quantitative estimate of drug-likeness (QED) is 0.321. The van der Waals surface area contributed by atoms with Crippen molar-refractivity contribution < 1.29 is 9.13 Å². The SMILES string of the molecule is CN=C(NCC1CCCN(CC(C)C)C1)NCC(C)Oc1ccccc1F.I. The van der Waals surface area contributed by atoms with Crippen LogP contribution in [0.15, 0.2) is 29.3 Å². The lowest BCUT2D eigenvalue weighted by Crippen LogP contribution is -2.46. The van der Waals surface area contributed by atoms with Gasteiger partial charge in [0, 0.05) is 26.7 Å². The molecular formula is C21H36FIN4O. The minimum Gasteiger partial charge on any atom is -0.486 e. The Balaban J connectivity index is 0.00000392. The van der Waals surface area contributed by atoms with Crippen molar-refractivity contribution in [1.82, 2.24) is 15.5 Å².